The van der Waals surface area contributed by atoms with Crippen LogP contribution in [0.25, 0.3) is 0 Å². The third-order valence-electron chi connectivity index (χ3n) is 5.55. The molecule has 1 saturated heterocycles. The Hall–Kier alpha value is -4.41. The van der Waals surface area contributed by atoms with E-state index in [1.807, 2.05) is 6.07 Å². The van der Waals surface area contributed by atoms with Crippen LogP contribution in [0.4, 0.5) is 5.69 Å². The SMILES string of the molecule is O=C(COc1ccccc1)N[C@@H]1C(=O)N2C(C(=O)OCc3ccc([N+](=O)[O-])cc3)=C(O)CC[C@@H]12. The predicted octanol–water partition coefficient (Wildman–Crippen LogP) is 1.98. The smallest absolute Gasteiger partial charge is 0.358 e. The van der Waals surface area contributed by atoms with Crippen molar-refractivity contribution in [1.82, 2.24) is 10.2 Å². The fraction of sp³-hybridized carbons (Fsp3) is 0.261. The maximum absolute atomic E-state index is 12.7. The highest BCUT2D eigenvalue weighted by Crippen LogP contribution is 2.36. The van der Waals surface area contributed by atoms with E-state index in [0.29, 0.717) is 17.7 Å². The number of nitro groups is 1. The second kappa shape index (κ2) is 9.61. The Morgan fingerprint density at radius 1 is 1.15 bits per heavy atom. The number of β-lactam (4-membered cyclic amide) rings is 1. The molecule has 0 spiro atoms. The van der Waals surface area contributed by atoms with Crippen LogP contribution in [0.3, 0.4) is 0 Å². The second-order valence-corrected chi connectivity index (χ2v) is 7.76. The molecule has 2 aliphatic rings. The highest BCUT2D eigenvalue weighted by Gasteiger charge is 2.54. The summed E-state index contributed by atoms with van der Waals surface area (Å²) in [5.41, 5.74) is 0.151. The first-order chi connectivity index (χ1) is 16.3. The van der Waals surface area contributed by atoms with Gasteiger partial charge in [-0.3, -0.25) is 24.6 Å². The molecule has 2 aromatic carbocycles. The Morgan fingerprint density at radius 3 is 2.53 bits per heavy atom. The van der Waals surface area contributed by atoms with E-state index < -0.39 is 34.8 Å². The molecule has 176 valence electrons. The Balaban J connectivity index is 1.34. The molecule has 11 nitrogen and oxygen atoms in total. The number of aliphatic hydroxyl groups excluding tert-OH is 1. The lowest BCUT2D eigenvalue weighted by Crippen LogP contribution is -2.72. The van der Waals surface area contributed by atoms with E-state index in [2.05, 4.69) is 5.32 Å². The number of amides is 2. The third-order valence-corrected chi connectivity index (χ3v) is 5.55. The zero-order valence-electron chi connectivity index (χ0n) is 17.9. The van der Waals surface area contributed by atoms with Crippen LogP contribution in [0, 0.1) is 10.1 Å². The van der Waals surface area contributed by atoms with Crippen molar-refractivity contribution in [3.05, 3.63) is 81.7 Å². The molecule has 34 heavy (non-hydrogen) atoms. The van der Waals surface area contributed by atoms with Gasteiger partial charge >= 0.3 is 5.97 Å². The number of aliphatic hydroxyl groups is 1. The van der Waals surface area contributed by atoms with Crippen molar-refractivity contribution in [3.8, 4) is 5.75 Å². The molecule has 0 saturated carbocycles. The quantitative estimate of drug-likeness (QED) is 0.259. The first kappa shape index (κ1) is 22.8. The molecule has 2 heterocycles. The molecule has 2 N–H and O–H groups in total. The number of nitrogens with zero attached hydrogens (tertiary/aromatic N) is 2. The monoisotopic (exact) mass is 467 g/mol. The van der Waals surface area contributed by atoms with Crippen LogP contribution in [-0.2, 0) is 25.7 Å². The summed E-state index contributed by atoms with van der Waals surface area (Å²) >= 11 is 0. The summed E-state index contributed by atoms with van der Waals surface area (Å²) in [7, 11) is 0. The number of hydrogen-bond acceptors (Lipinski definition) is 8. The zero-order valence-corrected chi connectivity index (χ0v) is 17.9. The van der Waals surface area contributed by atoms with Crippen molar-refractivity contribution in [2.75, 3.05) is 6.61 Å². The Kier molecular flexibility index (Phi) is 6.44. The van der Waals surface area contributed by atoms with E-state index >= 15 is 0 Å². The normalized spacial score (nSPS) is 19.1. The van der Waals surface area contributed by atoms with Gasteiger partial charge in [0.05, 0.1) is 11.0 Å². The minimum absolute atomic E-state index is 0.0982. The van der Waals surface area contributed by atoms with Gasteiger partial charge in [-0.15, -0.1) is 0 Å². The summed E-state index contributed by atoms with van der Waals surface area (Å²) < 4.78 is 10.6. The standard InChI is InChI=1S/C23H21N3O8/c27-18-11-10-17-20(24-19(28)13-33-16-4-2-1-3-5-16)22(29)25(17)21(18)23(30)34-12-14-6-8-15(9-7-14)26(31)32/h1-9,17,20,27H,10-13H2,(H,24,28)/t17-,20-/m0/s1. The molecule has 4 rings (SSSR count). The molecule has 0 aliphatic carbocycles. The van der Waals surface area contributed by atoms with Gasteiger partial charge < -0.3 is 19.9 Å². The van der Waals surface area contributed by atoms with Gasteiger partial charge in [-0.25, -0.2) is 4.79 Å². The van der Waals surface area contributed by atoms with Crippen LogP contribution in [0.5, 0.6) is 5.75 Å². The Bertz CT molecular complexity index is 1150. The average Bonchev–Trinajstić information content (AvgIpc) is 2.85. The van der Waals surface area contributed by atoms with E-state index in [1.165, 1.54) is 24.3 Å². The van der Waals surface area contributed by atoms with Crippen molar-refractivity contribution in [2.45, 2.75) is 31.5 Å². The van der Waals surface area contributed by atoms with Crippen molar-refractivity contribution in [3.63, 3.8) is 0 Å². The molecule has 2 amide bonds. The maximum atomic E-state index is 12.7. The predicted molar refractivity (Wildman–Crippen MR) is 116 cm³/mol. The largest absolute Gasteiger partial charge is 0.510 e. The van der Waals surface area contributed by atoms with Gasteiger partial charge in [0.25, 0.3) is 17.5 Å². The summed E-state index contributed by atoms with van der Waals surface area (Å²) in [5.74, 6) is -1.67. The molecular formula is C23H21N3O8. The summed E-state index contributed by atoms with van der Waals surface area (Å²) in [5, 5.41) is 23.6. The molecule has 2 atom stereocenters. The Morgan fingerprint density at radius 2 is 1.85 bits per heavy atom. The topological polar surface area (TPSA) is 148 Å². The summed E-state index contributed by atoms with van der Waals surface area (Å²) in [6, 6.07) is 12.9. The highest BCUT2D eigenvalue weighted by molar-refractivity contribution is 6.02. The number of esters is 1. The number of hydrogen-bond donors (Lipinski definition) is 2. The number of fused-ring (bicyclic) bond motifs is 1. The van der Waals surface area contributed by atoms with Gasteiger partial charge in [-0.1, -0.05) is 18.2 Å². The van der Waals surface area contributed by atoms with Crippen LogP contribution in [-0.4, -0.2) is 51.4 Å². The van der Waals surface area contributed by atoms with E-state index in [-0.39, 0.29) is 36.8 Å². The van der Waals surface area contributed by atoms with E-state index in [4.69, 9.17) is 9.47 Å². The van der Waals surface area contributed by atoms with E-state index in [1.54, 1.807) is 24.3 Å². The summed E-state index contributed by atoms with van der Waals surface area (Å²) in [6.45, 7) is -0.469. The number of carbonyl (C=O) groups is 3. The fourth-order valence-corrected chi connectivity index (χ4v) is 3.84. The number of allylic oxidation sites excluding steroid dienone is 1. The number of non-ortho nitro benzene ring substituents is 1. The van der Waals surface area contributed by atoms with Gasteiger partial charge in [-0.2, -0.15) is 0 Å². The van der Waals surface area contributed by atoms with Gasteiger partial charge in [0, 0.05) is 18.6 Å². The van der Waals surface area contributed by atoms with E-state index in [0.717, 1.165) is 4.90 Å². The third kappa shape index (κ3) is 4.68. The van der Waals surface area contributed by atoms with Crippen molar-refractivity contribution in [1.29, 1.82) is 0 Å². The van der Waals surface area contributed by atoms with Crippen LogP contribution in [0.15, 0.2) is 66.1 Å². The molecule has 0 radical (unpaired) electrons. The van der Waals surface area contributed by atoms with Crippen LogP contribution in [0.2, 0.25) is 0 Å². The number of ether oxygens (including phenoxy) is 2. The van der Waals surface area contributed by atoms with Crippen molar-refractivity contribution in [2.24, 2.45) is 0 Å². The van der Waals surface area contributed by atoms with Crippen molar-refractivity contribution >= 4 is 23.5 Å². The molecule has 1 fully saturated rings. The highest BCUT2D eigenvalue weighted by atomic mass is 16.6. The molecule has 0 unspecified atom stereocenters. The van der Waals surface area contributed by atoms with Gasteiger partial charge in [-0.05, 0) is 36.2 Å². The zero-order chi connectivity index (χ0) is 24.2. The molecule has 11 heteroatoms. The maximum Gasteiger partial charge on any atom is 0.358 e. The number of rotatable bonds is 8. The first-order valence-electron chi connectivity index (χ1n) is 10.5. The molecule has 0 bridgehead atoms. The molecule has 2 aliphatic heterocycles. The summed E-state index contributed by atoms with van der Waals surface area (Å²) in [4.78, 5) is 48.9. The molecule has 2 aromatic rings. The molecular weight excluding hydrogens is 446 g/mol. The minimum atomic E-state index is -0.897. The minimum Gasteiger partial charge on any atom is -0.510 e. The first-order valence-corrected chi connectivity index (χ1v) is 10.5. The van der Waals surface area contributed by atoms with E-state index in [9.17, 15) is 29.6 Å². The lowest BCUT2D eigenvalue weighted by molar-refractivity contribution is -0.384. The summed E-state index contributed by atoms with van der Waals surface area (Å²) in [6.07, 6.45) is 0.504. The van der Waals surface area contributed by atoms with Gasteiger partial charge in [0.2, 0.25) is 0 Å². The number of nitrogens with one attached hydrogen (secondary N) is 1. The number of benzene rings is 2. The van der Waals surface area contributed by atoms with Gasteiger partial charge in [0.1, 0.15) is 24.2 Å². The lowest BCUT2D eigenvalue weighted by atomic mass is 9.86. The average molecular weight is 467 g/mol. The fourth-order valence-electron chi connectivity index (χ4n) is 3.84. The van der Waals surface area contributed by atoms with Crippen LogP contribution >= 0.6 is 0 Å². The lowest BCUT2D eigenvalue weighted by Gasteiger charge is -2.49. The second-order valence-electron chi connectivity index (χ2n) is 7.76. The van der Waals surface area contributed by atoms with Crippen LogP contribution in [0.1, 0.15) is 18.4 Å². The molecule has 0 aromatic heterocycles. The Labute approximate surface area is 193 Å². The number of carbonyl (C=O) groups excluding carboxylic acids is 3. The van der Waals surface area contributed by atoms with Gasteiger partial charge in [0.15, 0.2) is 12.3 Å². The van der Waals surface area contributed by atoms with Crippen molar-refractivity contribution < 1.29 is 33.9 Å². The van der Waals surface area contributed by atoms with Crippen LogP contribution < -0.4 is 10.1 Å². The number of para-hydroxylation sites is 1. The number of nitro benzene ring substituents is 1.